The highest BCUT2D eigenvalue weighted by Gasteiger charge is 2.32. The molecule has 1 amide bonds. The number of sulfonamides is 1. The van der Waals surface area contributed by atoms with E-state index in [9.17, 15) is 26.4 Å². The van der Waals surface area contributed by atoms with Crippen molar-refractivity contribution in [3.63, 3.8) is 0 Å². The Labute approximate surface area is 168 Å². The van der Waals surface area contributed by atoms with Gasteiger partial charge in [0.05, 0.1) is 23.9 Å². The summed E-state index contributed by atoms with van der Waals surface area (Å²) in [6.07, 6.45) is -3.50. The van der Waals surface area contributed by atoms with Crippen LogP contribution < -0.4 is 10.0 Å². The highest BCUT2D eigenvalue weighted by molar-refractivity contribution is 7.92. The summed E-state index contributed by atoms with van der Waals surface area (Å²) in [5.41, 5.74) is -0.224. The summed E-state index contributed by atoms with van der Waals surface area (Å²) in [5.74, 6) is -0.368. The van der Waals surface area contributed by atoms with E-state index >= 15 is 0 Å². The Bertz CT molecular complexity index is 986. The van der Waals surface area contributed by atoms with Crippen LogP contribution in [0, 0.1) is 0 Å². The van der Waals surface area contributed by atoms with Gasteiger partial charge in [-0.05, 0) is 23.3 Å². The minimum atomic E-state index is -4.44. The molecule has 2 aromatic rings. The zero-order valence-corrected chi connectivity index (χ0v) is 17.1. The number of nitrogens with one attached hydrogen (secondary N) is 2. The predicted octanol–water partition coefficient (Wildman–Crippen LogP) is 3.71. The lowest BCUT2D eigenvalue weighted by Gasteiger charge is -2.26. The average Bonchev–Trinajstić information content (AvgIpc) is 2.60. The third-order valence-electron chi connectivity index (χ3n) is 4.36. The Morgan fingerprint density at radius 2 is 1.62 bits per heavy atom. The molecule has 0 radical (unpaired) electrons. The Kier molecular flexibility index (Phi) is 6.62. The molecule has 0 aliphatic carbocycles. The molecule has 0 spiro atoms. The first-order valence-corrected chi connectivity index (χ1v) is 10.7. The summed E-state index contributed by atoms with van der Waals surface area (Å²) in [7, 11) is -3.50. The SMILES string of the molecule is CC(C)(CNC(=O)Cc1ccccc1NS(C)(=O)=O)c1cccc(C(F)(F)F)c1. The van der Waals surface area contributed by atoms with Gasteiger partial charge in [-0.2, -0.15) is 13.2 Å². The van der Waals surface area contributed by atoms with Crippen LogP contribution >= 0.6 is 0 Å². The van der Waals surface area contributed by atoms with Gasteiger partial charge in [0, 0.05) is 12.0 Å². The number of rotatable bonds is 7. The number of amides is 1. The zero-order chi connectivity index (χ0) is 21.9. The third kappa shape index (κ3) is 6.77. The van der Waals surface area contributed by atoms with Gasteiger partial charge >= 0.3 is 6.18 Å². The Balaban J connectivity index is 2.08. The molecule has 2 rings (SSSR count). The highest BCUT2D eigenvalue weighted by atomic mass is 32.2. The zero-order valence-electron chi connectivity index (χ0n) is 16.3. The lowest BCUT2D eigenvalue weighted by molar-refractivity contribution is -0.137. The first-order chi connectivity index (χ1) is 13.3. The third-order valence-corrected chi connectivity index (χ3v) is 4.95. The van der Waals surface area contributed by atoms with E-state index in [0.29, 0.717) is 16.8 Å². The predicted molar refractivity (Wildman–Crippen MR) is 106 cm³/mol. The Morgan fingerprint density at radius 3 is 2.24 bits per heavy atom. The number of para-hydroxylation sites is 1. The number of carbonyl (C=O) groups is 1. The van der Waals surface area contributed by atoms with Crippen molar-refractivity contribution in [3.8, 4) is 0 Å². The fraction of sp³-hybridized carbons (Fsp3) is 0.350. The molecule has 9 heteroatoms. The summed E-state index contributed by atoms with van der Waals surface area (Å²) in [6.45, 7) is 3.60. The van der Waals surface area contributed by atoms with Crippen molar-refractivity contribution in [3.05, 3.63) is 65.2 Å². The van der Waals surface area contributed by atoms with E-state index < -0.39 is 27.2 Å². The standard InChI is InChI=1S/C20H23F3N2O3S/c1-19(2,15-8-6-9-16(12-15)20(21,22)23)13-24-18(26)11-14-7-4-5-10-17(14)25-29(3,27)28/h4-10,12,25H,11,13H2,1-3H3,(H,24,26). The number of benzene rings is 2. The van der Waals surface area contributed by atoms with Crippen molar-refractivity contribution in [2.45, 2.75) is 31.9 Å². The van der Waals surface area contributed by atoms with Crippen LogP contribution in [0.25, 0.3) is 0 Å². The van der Waals surface area contributed by atoms with Crippen molar-refractivity contribution in [2.24, 2.45) is 0 Å². The van der Waals surface area contributed by atoms with Gasteiger partial charge in [0.25, 0.3) is 0 Å². The van der Waals surface area contributed by atoms with Gasteiger partial charge in [-0.3, -0.25) is 9.52 Å². The summed E-state index contributed by atoms with van der Waals surface area (Å²) < 4.78 is 64.1. The second-order valence-corrected chi connectivity index (χ2v) is 9.20. The average molecular weight is 428 g/mol. The lowest BCUT2D eigenvalue weighted by Crippen LogP contribution is -2.37. The molecule has 0 fully saturated rings. The summed E-state index contributed by atoms with van der Waals surface area (Å²) in [6, 6.07) is 11.5. The molecule has 158 valence electrons. The van der Waals surface area contributed by atoms with Gasteiger partial charge in [0.2, 0.25) is 15.9 Å². The number of hydrogen-bond donors (Lipinski definition) is 2. The van der Waals surface area contributed by atoms with Crippen molar-refractivity contribution in [2.75, 3.05) is 17.5 Å². The highest BCUT2D eigenvalue weighted by Crippen LogP contribution is 2.32. The number of anilines is 1. The van der Waals surface area contributed by atoms with Crippen molar-refractivity contribution in [1.82, 2.24) is 5.32 Å². The minimum absolute atomic E-state index is 0.0721. The molecule has 2 N–H and O–H groups in total. The molecular formula is C20H23F3N2O3S. The van der Waals surface area contributed by atoms with E-state index in [-0.39, 0.29) is 18.9 Å². The second-order valence-electron chi connectivity index (χ2n) is 7.45. The Hall–Kier alpha value is -2.55. The summed E-state index contributed by atoms with van der Waals surface area (Å²) in [4.78, 5) is 12.4. The first-order valence-electron chi connectivity index (χ1n) is 8.78. The van der Waals surface area contributed by atoms with Gasteiger partial charge in [-0.1, -0.05) is 50.2 Å². The molecule has 5 nitrogen and oxygen atoms in total. The quantitative estimate of drug-likeness (QED) is 0.706. The smallest absolute Gasteiger partial charge is 0.355 e. The van der Waals surface area contributed by atoms with Crippen LogP contribution in [-0.2, 0) is 32.8 Å². The van der Waals surface area contributed by atoms with Gasteiger partial charge in [-0.15, -0.1) is 0 Å². The van der Waals surface area contributed by atoms with Crippen molar-refractivity contribution >= 4 is 21.6 Å². The van der Waals surface area contributed by atoms with Gasteiger partial charge < -0.3 is 5.32 Å². The van der Waals surface area contributed by atoms with E-state index in [4.69, 9.17) is 0 Å². The molecule has 29 heavy (non-hydrogen) atoms. The molecule has 0 saturated carbocycles. The number of halogens is 3. The van der Waals surface area contributed by atoms with E-state index in [2.05, 4.69) is 10.0 Å². The molecule has 0 aromatic heterocycles. The van der Waals surface area contributed by atoms with Gasteiger partial charge in [0.15, 0.2) is 0 Å². The molecule has 0 unspecified atom stereocenters. The van der Waals surface area contributed by atoms with E-state index in [1.54, 1.807) is 44.2 Å². The summed E-state index contributed by atoms with van der Waals surface area (Å²) in [5, 5.41) is 2.72. The Morgan fingerprint density at radius 1 is 1.00 bits per heavy atom. The number of hydrogen-bond acceptors (Lipinski definition) is 3. The van der Waals surface area contributed by atoms with Crippen LogP contribution in [0.15, 0.2) is 48.5 Å². The molecule has 0 bridgehead atoms. The van der Waals surface area contributed by atoms with Crippen molar-refractivity contribution < 1.29 is 26.4 Å². The molecule has 2 aromatic carbocycles. The van der Waals surface area contributed by atoms with Crippen LogP contribution in [0.5, 0.6) is 0 Å². The fourth-order valence-electron chi connectivity index (χ4n) is 2.75. The monoisotopic (exact) mass is 428 g/mol. The van der Waals surface area contributed by atoms with Crippen LogP contribution in [-0.4, -0.2) is 27.1 Å². The van der Waals surface area contributed by atoms with Crippen LogP contribution in [0.1, 0.15) is 30.5 Å². The van der Waals surface area contributed by atoms with Crippen LogP contribution in [0.4, 0.5) is 18.9 Å². The van der Waals surface area contributed by atoms with E-state index in [1.807, 2.05) is 0 Å². The van der Waals surface area contributed by atoms with Gasteiger partial charge in [-0.25, -0.2) is 8.42 Å². The van der Waals surface area contributed by atoms with Crippen molar-refractivity contribution in [1.29, 1.82) is 0 Å². The molecule has 0 aliphatic rings. The van der Waals surface area contributed by atoms with Crippen LogP contribution in [0.3, 0.4) is 0 Å². The molecular weight excluding hydrogens is 405 g/mol. The van der Waals surface area contributed by atoms with Gasteiger partial charge in [0.1, 0.15) is 0 Å². The maximum absolute atomic E-state index is 12.9. The fourth-order valence-corrected chi connectivity index (χ4v) is 3.35. The normalized spacial score (nSPS) is 12.5. The number of carbonyl (C=O) groups excluding carboxylic acids is 1. The topological polar surface area (TPSA) is 75.3 Å². The molecule has 0 atom stereocenters. The second kappa shape index (κ2) is 8.44. The first kappa shape index (κ1) is 22.7. The lowest BCUT2D eigenvalue weighted by atomic mass is 9.83. The van der Waals surface area contributed by atoms with Crippen LogP contribution in [0.2, 0.25) is 0 Å². The maximum atomic E-state index is 12.9. The largest absolute Gasteiger partial charge is 0.416 e. The van der Waals surface area contributed by atoms with E-state index in [0.717, 1.165) is 18.4 Å². The maximum Gasteiger partial charge on any atom is 0.416 e. The summed E-state index contributed by atoms with van der Waals surface area (Å²) >= 11 is 0. The molecule has 0 saturated heterocycles. The molecule has 0 heterocycles. The van der Waals surface area contributed by atoms with E-state index in [1.165, 1.54) is 6.07 Å². The minimum Gasteiger partial charge on any atom is -0.355 e. The molecule has 0 aliphatic heterocycles. The number of alkyl halides is 3.